The molecule has 1 aliphatic heterocycles. The molecule has 31 heavy (non-hydrogen) atoms. The van der Waals surface area contributed by atoms with E-state index < -0.39 is 11.7 Å². The molecule has 166 valence electrons. The molecule has 7 nitrogen and oxygen atoms in total. The summed E-state index contributed by atoms with van der Waals surface area (Å²) < 4.78 is 38.2. The molecular weight excluding hydrogens is 458 g/mol. The van der Waals surface area contributed by atoms with Gasteiger partial charge in [0.1, 0.15) is 18.8 Å². The fourth-order valence-corrected chi connectivity index (χ4v) is 3.25. The lowest BCUT2D eigenvalue weighted by Crippen LogP contribution is -2.52. The van der Waals surface area contributed by atoms with E-state index in [2.05, 4.69) is 15.5 Å². The normalized spacial score (nSPS) is 14.7. The maximum Gasteiger partial charge on any atom is 0.417 e. The highest BCUT2D eigenvalue weighted by Gasteiger charge is 2.32. The minimum Gasteiger partial charge on any atom is -0.390 e. The lowest BCUT2D eigenvalue weighted by molar-refractivity contribution is -0.137. The quantitative estimate of drug-likeness (QED) is 0.395. The van der Waals surface area contributed by atoms with E-state index in [4.69, 9.17) is 28.0 Å². The number of halogens is 5. The van der Waals surface area contributed by atoms with E-state index in [1.54, 1.807) is 34.1 Å². The van der Waals surface area contributed by atoms with Gasteiger partial charge in [0.15, 0.2) is 0 Å². The summed E-state index contributed by atoms with van der Waals surface area (Å²) >= 11 is 11.8. The molecule has 0 spiro atoms. The summed E-state index contributed by atoms with van der Waals surface area (Å²) in [5.74, 6) is 0.256. The lowest BCUT2D eigenvalue weighted by atomic mass is 10.2. The van der Waals surface area contributed by atoms with E-state index >= 15 is 0 Å². The molecule has 0 radical (unpaired) electrons. The number of benzene rings is 1. The van der Waals surface area contributed by atoms with Crippen molar-refractivity contribution < 1.29 is 22.8 Å². The zero-order valence-corrected chi connectivity index (χ0v) is 17.6. The molecule has 1 aromatic carbocycles. The summed E-state index contributed by atoms with van der Waals surface area (Å²) in [5.41, 5.74) is -0.0311. The third-order valence-electron chi connectivity index (χ3n) is 4.48. The van der Waals surface area contributed by atoms with Gasteiger partial charge in [0, 0.05) is 37.4 Å². The van der Waals surface area contributed by atoms with Crippen LogP contribution in [0.15, 0.2) is 41.7 Å². The van der Waals surface area contributed by atoms with Gasteiger partial charge in [-0.05, 0) is 23.8 Å². The van der Waals surface area contributed by atoms with Crippen molar-refractivity contribution in [1.82, 2.24) is 15.2 Å². The average Bonchev–Trinajstić information content (AvgIpc) is 2.74. The molecule has 1 aliphatic rings. The van der Waals surface area contributed by atoms with Gasteiger partial charge in [0.2, 0.25) is 0 Å². The molecule has 12 heteroatoms. The number of oxime groups is 1. The minimum atomic E-state index is -4.51. The summed E-state index contributed by atoms with van der Waals surface area (Å²) in [6, 6.07) is 7.55. The van der Waals surface area contributed by atoms with Crippen LogP contribution in [0, 0.1) is 0 Å². The van der Waals surface area contributed by atoms with E-state index in [0.717, 1.165) is 24.2 Å². The van der Waals surface area contributed by atoms with Crippen molar-refractivity contribution in [2.24, 2.45) is 5.16 Å². The number of pyridine rings is 1. The van der Waals surface area contributed by atoms with Crippen LogP contribution in [0.25, 0.3) is 0 Å². The van der Waals surface area contributed by atoms with Crippen LogP contribution in [-0.2, 0) is 17.6 Å². The highest BCUT2D eigenvalue weighted by atomic mass is 35.5. The Balaban J connectivity index is 1.44. The van der Waals surface area contributed by atoms with E-state index in [-0.39, 0.29) is 23.5 Å². The van der Waals surface area contributed by atoms with E-state index in [1.807, 2.05) is 0 Å². The maximum absolute atomic E-state index is 12.7. The Hall–Kier alpha value is -2.72. The topological polar surface area (TPSA) is 70.1 Å². The molecule has 2 heterocycles. The second kappa shape index (κ2) is 10.1. The molecule has 0 atom stereocenters. The Kier molecular flexibility index (Phi) is 7.45. The number of nitrogens with zero attached hydrogens (tertiary/aromatic N) is 4. The van der Waals surface area contributed by atoms with Gasteiger partial charge < -0.3 is 14.6 Å². The molecule has 0 bridgehead atoms. The predicted octanol–water partition coefficient (Wildman–Crippen LogP) is 4.40. The summed E-state index contributed by atoms with van der Waals surface area (Å²) in [4.78, 5) is 24.4. The second-order valence-electron chi connectivity index (χ2n) is 6.59. The number of alkyl halides is 3. The largest absolute Gasteiger partial charge is 0.417 e. The van der Waals surface area contributed by atoms with Crippen molar-refractivity contribution in [3.8, 4) is 0 Å². The smallest absolute Gasteiger partial charge is 0.390 e. The number of aromatic nitrogens is 1. The first-order valence-corrected chi connectivity index (χ1v) is 9.91. The van der Waals surface area contributed by atoms with Crippen molar-refractivity contribution in [2.45, 2.75) is 12.8 Å². The van der Waals surface area contributed by atoms with Crippen LogP contribution in [0.5, 0.6) is 0 Å². The van der Waals surface area contributed by atoms with E-state index in [9.17, 15) is 18.0 Å². The molecule has 1 N–H and O–H groups in total. The first kappa shape index (κ1) is 23.0. The number of hydrogen-bond acceptors (Lipinski definition) is 5. The number of nitrogens with one attached hydrogen (secondary N) is 1. The summed E-state index contributed by atoms with van der Waals surface area (Å²) in [6.45, 7) is 1.64. The number of urea groups is 1. The highest BCUT2D eigenvalue weighted by Crippen LogP contribution is 2.33. The molecule has 1 saturated heterocycles. The van der Waals surface area contributed by atoms with Gasteiger partial charge in [-0.2, -0.15) is 13.2 Å². The van der Waals surface area contributed by atoms with Crippen LogP contribution in [-0.4, -0.2) is 48.4 Å². The van der Waals surface area contributed by atoms with Gasteiger partial charge in [-0.1, -0.05) is 40.5 Å². The van der Waals surface area contributed by atoms with Gasteiger partial charge in [-0.15, -0.1) is 0 Å². The molecule has 1 fully saturated rings. The zero-order chi connectivity index (χ0) is 22.4. The fourth-order valence-electron chi connectivity index (χ4n) is 2.84. The second-order valence-corrected chi connectivity index (χ2v) is 7.43. The Morgan fingerprint density at radius 3 is 2.48 bits per heavy atom. The van der Waals surface area contributed by atoms with Gasteiger partial charge in [-0.25, -0.2) is 9.78 Å². The van der Waals surface area contributed by atoms with Gasteiger partial charge in [0.05, 0.1) is 10.6 Å². The van der Waals surface area contributed by atoms with Crippen molar-refractivity contribution in [3.63, 3.8) is 0 Å². The summed E-state index contributed by atoms with van der Waals surface area (Å²) in [6.07, 6.45) is -2.61. The van der Waals surface area contributed by atoms with E-state index in [1.165, 1.54) is 0 Å². The minimum absolute atomic E-state index is 0.0855. The molecule has 2 aromatic rings. The van der Waals surface area contributed by atoms with Gasteiger partial charge in [0.25, 0.3) is 0 Å². The zero-order valence-electron chi connectivity index (χ0n) is 16.1. The van der Waals surface area contributed by atoms with Gasteiger partial charge in [-0.3, -0.25) is 5.32 Å². The SMILES string of the molecule is O=C(NC=NOCc1ccc(Cl)cc1)N1CCN(c2ncc(C(F)(F)F)cc2Cl)CC1. The number of rotatable bonds is 5. The summed E-state index contributed by atoms with van der Waals surface area (Å²) in [7, 11) is 0. The lowest BCUT2D eigenvalue weighted by Gasteiger charge is -2.35. The van der Waals surface area contributed by atoms with Crippen molar-refractivity contribution in [2.75, 3.05) is 31.1 Å². The van der Waals surface area contributed by atoms with Crippen LogP contribution in [0.3, 0.4) is 0 Å². The standard InChI is InChI=1S/C19H18Cl2F3N5O2/c20-15-3-1-13(2-4-15)11-31-27-12-26-18(30)29-7-5-28(6-8-29)17-16(21)9-14(10-25-17)19(22,23)24/h1-4,9-10,12H,5-8,11H2,(H,26,27,30). The number of carbonyl (C=O) groups is 1. The number of amides is 2. The number of hydrogen-bond donors (Lipinski definition) is 1. The predicted molar refractivity (Wildman–Crippen MR) is 111 cm³/mol. The average molecular weight is 476 g/mol. The number of piperazine rings is 1. The fraction of sp³-hybridized carbons (Fsp3) is 0.316. The molecule has 0 unspecified atom stereocenters. The summed E-state index contributed by atoms with van der Waals surface area (Å²) in [5, 5.41) is 6.72. The first-order valence-electron chi connectivity index (χ1n) is 9.15. The van der Waals surface area contributed by atoms with E-state index in [0.29, 0.717) is 31.2 Å². The monoisotopic (exact) mass is 475 g/mol. The maximum atomic E-state index is 12.7. The molecule has 0 aliphatic carbocycles. The molecule has 1 aromatic heterocycles. The first-order chi connectivity index (χ1) is 14.7. The molecule has 0 saturated carbocycles. The van der Waals surface area contributed by atoms with Crippen LogP contribution >= 0.6 is 23.2 Å². The third-order valence-corrected chi connectivity index (χ3v) is 5.01. The highest BCUT2D eigenvalue weighted by molar-refractivity contribution is 6.33. The van der Waals surface area contributed by atoms with Crippen molar-refractivity contribution >= 4 is 41.4 Å². The molecule has 2 amide bonds. The Bertz CT molecular complexity index is 933. The Labute approximate surface area is 186 Å². The van der Waals surface area contributed by atoms with Crippen LogP contribution in [0.1, 0.15) is 11.1 Å². The number of anilines is 1. The Morgan fingerprint density at radius 2 is 1.87 bits per heavy atom. The van der Waals surface area contributed by atoms with Crippen molar-refractivity contribution in [1.29, 1.82) is 0 Å². The van der Waals surface area contributed by atoms with Gasteiger partial charge >= 0.3 is 12.2 Å². The number of carbonyl (C=O) groups excluding carboxylic acids is 1. The van der Waals surface area contributed by atoms with Crippen LogP contribution in [0.2, 0.25) is 10.0 Å². The van der Waals surface area contributed by atoms with Crippen LogP contribution < -0.4 is 10.2 Å². The molecular formula is C19H18Cl2F3N5O2. The van der Waals surface area contributed by atoms with Crippen LogP contribution in [0.4, 0.5) is 23.8 Å². The molecule has 3 rings (SSSR count). The third kappa shape index (κ3) is 6.38. The van der Waals surface area contributed by atoms with Crippen molar-refractivity contribution in [3.05, 3.63) is 57.7 Å². The Morgan fingerprint density at radius 1 is 1.19 bits per heavy atom.